The summed E-state index contributed by atoms with van der Waals surface area (Å²) in [4.78, 5) is 4.44. The van der Waals surface area contributed by atoms with Crippen LogP contribution in [0.25, 0.3) is 0 Å². The molecule has 0 fully saturated rings. The van der Waals surface area contributed by atoms with Gasteiger partial charge in [0.05, 0.1) is 13.2 Å². The Morgan fingerprint density at radius 3 is 2.80 bits per heavy atom. The maximum absolute atomic E-state index is 5.89. The van der Waals surface area contributed by atoms with Gasteiger partial charge in [0.2, 0.25) is 0 Å². The maximum atomic E-state index is 5.89. The van der Waals surface area contributed by atoms with Crippen molar-refractivity contribution in [3.8, 4) is 0 Å². The zero-order chi connectivity index (χ0) is 15.2. The Labute approximate surface area is 129 Å². The molecule has 0 saturated heterocycles. The van der Waals surface area contributed by atoms with E-state index in [0.717, 1.165) is 4.47 Å². The number of rotatable bonds is 6. The van der Waals surface area contributed by atoms with Gasteiger partial charge in [-0.05, 0) is 24.6 Å². The van der Waals surface area contributed by atoms with Gasteiger partial charge in [-0.15, -0.1) is 0 Å². The molecule has 112 valence electrons. The fraction of sp³-hybridized carbons (Fsp3) is 0.533. The summed E-state index contributed by atoms with van der Waals surface area (Å²) in [6.45, 7) is 7.55. The number of nitrogens with one attached hydrogen (secondary N) is 1. The highest BCUT2D eigenvalue weighted by Crippen LogP contribution is 2.25. The van der Waals surface area contributed by atoms with E-state index in [1.807, 2.05) is 19.1 Å². The predicted octanol–water partition coefficient (Wildman–Crippen LogP) is 2.67. The third kappa shape index (κ3) is 5.51. The topological polar surface area (TPSA) is 59.6 Å². The largest absolute Gasteiger partial charge is 0.383 e. The number of hydrogen-bond donors (Lipinski definition) is 2. The van der Waals surface area contributed by atoms with Crippen LogP contribution in [0.2, 0.25) is 0 Å². The molecule has 0 aliphatic carbocycles. The Bertz CT molecular complexity index is 460. The monoisotopic (exact) mass is 341 g/mol. The van der Waals surface area contributed by atoms with Crippen LogP contribution in [-0.4, -0.2) is 32.3 Å². The highest BCUT2D eigenvalue weighted by atomic mass is 79.9. The molecule has 3 N–H and O–H groups in total. The van der Waals surface area contributed by atoms with E-state index in [2.05, 4.69) is 52.2 Å². The van der Waals surface area contributed by atoms with Crippen molar-refractivity contribution in [1.29, 1.82) is 0 Å². The predicted molar refractivity (Wildman–Crippen MR) is 88.1 cm³/mol. The van der Waals surface area contributed by atoms with E-state index >= 15 is 0 Å². The van der Waals surface area contributed by atoms with Crippen molar-refractivity contribution in [3.63, 3.8) is 0 Å². The van der Waals surface area contributed by atoms with Crippen molar-refractivity contribution in [1.82, 2.24) is 5.32 Å². The summed E-state index contributed by atoms with van der Waals surface area (Å²) in [5, 5.41) is 3.11. The van der Waals surface area contributed by atoms with Crippen LogP contribution in [0.4, 0.5) is 0 Å². The van der Waals surface area contributed by atoms with Crippen LogP contribution in [0.5, 0.6) is 0 Å². The molecular weight excluding hydrogens is 318 g/mol. The standard InChI is InChI=1S/C15H24BrN3O/c1-11(9-20-4)19-14(17)18-10-15(2,3)12-6-5-7-13(16)8-12/h5-8,11H,9-10H2,1-4H3,(H3,17,18,19). The third-order valence-electron chi connectivity index (χ3n) is 3.06. The van der Waals surface area contributed by atoms with E-state index in [1.165, 1.54) is 5.56 Å². The van der Waals surface area contributed by atoms with Crippen LogP contribution < -0.4 is 11.1 Å². The number of aliphatic imine (C=N–C) groups is 1. The van der Waals surface area contributed by atoms with E-state index in [9.17, 15) is 0 Å². The second-order valence-electron chi connectivity index (χ2n) is 5.60. The minimum absolute atomic E-state index is 0.0689. The lowest BCUT2D eigenvalue weighted by Crippen LogP contribution is -2.41. The number of guanidine groups is 1. The van der Waals surface area contributed by atoms with Gasteiger partial charge in [-0.3, -0.25) is 4.99 Å². The molecule has 0 bridgehead atoms. The van der Waals surface area contributed by atoms with Crippen LogP contribution in [0.15, 0.2) is 33.7 Å². The van der Waals surface area contributed by atoms with E-state index in [4.69, 9.17) is 10.5 Å². The molecule has 0 aromatic heterocycles. The molecular formula is C15H24BrN3O. The van der Waals surface area contributed by atoms with Crippen molar-refractivity contribution in [3.05, 3.63) is 34.3 Å². The molecule has 0 aliphatic heterocycles. The van der Waals surface area contributed by atoms with E-state index in [1.54, 1.807) is 7.11 Å². The minimum atomic E-state index is -0.0689. The number of ether oxygens (including phenoxy) is 1. The number of methoxy groups -OCH3 is 1. The van der Waals surface area contributed by atoms with Crippen LogP contribution in [0.3, 0.4) is 0 Å². The molecule has 1 rings (SSSR count). The summed E-state index contributed by atoms with van der Waals surface area (Å²) in [5.74, 6) is 0.456. The molecule has 1 unspecified atom stereocenters. The molecule has 0 spiro atoms. The normalized spacial score (nSPS) is 14.2. The van der Waals surface area contributed by atoms with Crippen LogP contribution >= 0.6 is 15.9 Å². The van der Waals surface area contributed by atoms with E-state index in [0.29, 0.717) is 19.1 Å². The summed E-state index contributed by atoms with van der Waals surface area (Å²) in [5.41, 5.74) is 7.06. The van der Waals surface area contributed by atoms with Gasteiger partial charge in [0.15, 0.2) is 5.96 Å². The van der Waals surface area contributed by atoms with Gasteiger partial charge in [0.1, 0.15) is 0 Å². The van der Waals surface area contributed by atoms with E-state index < -0.39 is 0 Å². The van der Waals surface area contributed by atoms with Gasteiger partial charge < -0.3 is 15.8 Å². The SMILES string of the molecule is COCC(C)NC(N)=NCC(C)(C)c1cccc(Br)c1. The van der Waals surface area contributed by atoms with Crippen molar-refractivity contribution < 1.29 is 4.74 Å². The lowest BCUT2D eigenvalue weighted by Gasteiger charge is -2.24. The van der Waals surface area contributed by atoms with Gasteiger partial charge in [-0.25, -0.2) is 0 Å². The third-order valence-corrected chi connectivity index (χ3v) is 3.55. The molecule has 1 atom stereocenters. The molecule has 0 amide bonds. The first-order valence-electron chi connectivity index (χ1n) is 6.66. The minimum Gasteiger partial charge on any atom is -0.383 e. The van der Waals surface area contributed by atoms with Crippen LogP contribution in [-0.2, 0) is 10.2 Å². The molecule has 0 heterocycles. The number of hydrogen-bond acceptors (Lipinski definition) is 2. The Hall–Kier alpha value is -1.07. The zero-order valence-corrected chi connectivity index (χ0v) is 14.2. The van der Waals surface area contributed by atoms with Crippen molar-refractivity contribution in [2.24, 2.45) is 10.7 Å². The fourth-order valence-electron chi connectivity index (χ4n) is 1.87. The summed E-state index contributed by atoms with van der Waals surface area (Å²) in [6, 6.07) is 8.43. The molecule has 5 heteroatoms. The number of nitrogens with two attached hydrogens (primary N) is 1. The molecule has 1 aromatic rings. The average Bonchev–Trinajstić information content (AvgIpc) is 2.37. The number of nitrogens with zero attached hydrogens (tertiary/aromatic N) is 1. The van der Waals surface area contributed by atoms with Gasteiger partial charge in [0, 0.05) is 23.0 Å². The second kappa shape index (κ2) is 7.64. The molecule has 1 aromatic carbocycles. The van der Waals surface area contributed by atoms with Crippen LogP contribution in [0.1, 0.15) is 26.3 Å². The molecule has 0 saturated carbocycles. The zero-order valence-electron chi connectivity index (χ0n) is 12.6. The van der Waals surface area contributed by atoms with Gasteiger partial charge >= 0.3 is 0 Å². The highest BCUT2D eigenvalue weighted by Gasteiger charge is 2.20. The molecule has 0 radical (unpaired) electrons. The summed E-state index contributed by atoms with van der Waals surface area (Å²) in [7, 11) is 1.67. The number of halogens is 1. The molecule has 0 aliphatic rings. The quantitative estimate of drug-likeness (QED) is 0.617. The fourth-order valence-corrected chi connectivity index (χ4v) is 2.27. The van der Waals surface area contributed by atoms with Crippen molar-refractivity contribution in [2.45, 2.75) is 32.2 Å². The second-order valence-corrected chi connectivity index (χ2v) is 6.51. The Balaban J connectivity index is 2.66. The first-order valence-corrected chi connectivity index (χ1v) is 7.46. The first kappa shape index (κ1) is 17.0. The molecule has 20 heavy (non-hydrogen) atoms. The van der Waals surface area contributed by atoms with Gasteiger partial charge in [-0.2, -0.15) is 0 Å². The van der Waals surface area contributed by atoms with E-state index in [-0.39, 0.29) is 11.5 Å². The maximum Gasteiger partial charge on any atom is 0.188 e. The van der Waals surface area contributed by atoms with Crippen molar-refractivity contribution >= 4 is 21.9 Å². The smallest absolute Gasteiger partial charge is 0.188 e. The van der Waals surface area contributed by atoms with Crippen molar-refractivity contribution in [2.75, 3.05) is 20.3 Å². The first-order chi connectivity index (χ1) is 9.35. The lowest BCUT2D eigenvalue weighted by atomic mass is 9.85. The summed E-state index contributed by atoms with van der Waals surface area (Å²) >= 11 is 3.50. The van der Waals surface area contributed by atoms with Gasteiger partial charge in [0.25, 0.3) is 0 Å². The average molecular weight is 342 g/mol. The Morgan fingerprint density at radius 2 is 2.20 bits per heavy atom. The van der Waals surface area contributed by atoms with Crippen LogP contribution in [0, 0.1) is 0 Å². The summed E-state index contributed by atoms with van der Waals surface area (Å²) < 4.78 is 6.13. The Morgan fingerprint density at radius 1 is 1.50 bits per heavy atom. The highest BCUT2D eigenvalue weighted by molar-refractivity contribution is 9.10. The Kier molecular flexibility index (Phi) is 6.49. The number of benzene rings is 1. The summed E-state index contributed by atoms with van der Waals surface area (Å²) in [6.07, 6.45) is 0. The van der Waals surface area contributed by atoms with Gasteiger partial charge in [-0.1, -0.05) is 41.9 Å². The lowest BCUT2D eigenvalue weighted by molar-refractivity contribution is 0.179. The molecule has 4 nitrogen and oxygen atoms in total.